The van der Waals surface area contributed by atoms with Crippen molar-refractivity contribution in [3.8, 4) is 0 Å². The minimum Gasteiger partial charge on any atom is -0.465 e. The van der Waals surface area contributed by atoms with Gasteiger partial charge in [0.15, 0.2) is 5.13 Å². The molecule has 1 aromatic rings. The maximum atomic E-state index is 11.6. The molecule has 0 aliphatic rings. The quantitative estimate of drug-likeness (QED) is 0.556. The Morgan fingerprint density at radius 1 is 1.60 bits per heavy atom. The van der Waals surface area contributed by atoms with Crippen LogP contribution in [0.4, 0.5) is 5.13 Å². The van der Waals surface area contributed by atoms with Gasteiger partial charge in [-0.1, -0.05) is 0 Å². The number of amides is 1. The van der Waals surface area contributed by atoms with Crippen LogP contribution in [-0.4, -0.2) is 41.0 Å². The van der Waals surface area contributed by atoms with Crippen LogP contribution in [-0.2, 0) is 14.3 Å². The predicted octanol–water partition coefficient (Wildman–Crippen LogP) is 1.40. The molecule has 1 unspecified atom stereocenters. The first-order valence-corrected chi connectivity index (χ1v) is 8.28. The van der Waals surface area contributed by atoms with E-state index in [0.29, 0.717) is 29.7 Å². The van der Waals surface area contributed by atoms with Gasteiger partial charge in [0.05, 0.1) is 18.1 Å². The summed E-state index contributed by atoms with van der Waals surface area (Å²) in [5.74, 6) is 0.447. The van der Waals surface area contributed by atoms with Crippen molar-refractivity contribution in [2.24, 2.45) is 5.73 Å². The van der Waals surface area contributed by atoms with Crippen LogP contribution in [0, 0.1) is 6.92 Å². The van der Waals surface area contributed by atoms with E-state index >= 15 is 0 Å². The Morgan fingerprint density at radius 2 is 2.35 bits per heavy atom. The fraction of sp³-hybridized carbons (Fsp3) is 0.583. The van der Waals surface area contributed by atoms with Crippen molar-refractivity contribution in [3.05, 3.63) is 11.1 Å². The van der Waals surface area contributed by atoms with Gasteiger partial charge in [-0.2, -0.15) is 11.8 Å². The lowest BCUT2D eigenvalue weighted by atomic mass is 10.2. The van der Waals surface area contributed by atoms with Gasteiger partial charge >= 0.3 is 5.97 Å². The minimum absolute atomic E-state index is 0.103. The number of aromatic nitrogens is 1. The number of carbonyl (C=O) groups excluding carboxylic acids is 2. The fourth-order valence-electron chi connectivity index (χ4n) is 1.31. The molecular weight excluding hydrogens is 298 g/mol. The summed E-state index contributed by atoms with van der Waals surface area (Å²) in [6.45, 7) is 3.94. The molecular formula is C12H19N3O3S2. The molecule has 0 aliphatic carbocycles. The van der Waals surface area contributed by atoms with E-state index < -0.39 is 12.0 Å². The molecule has 112 valence electrons. The molecule has 0 radical (unpaired) electrons. The van der Waals surface area contributed by atoms with Crippen LogP contribution in [0.2, 0.25) is 0 Å². The number of nitrogens with one attached hydrogen (secondary N) is 1. The highest BCUT2D eigenvalue weighted by molar-refractivity contribution is 7.99. The Labute approximate surface area is 126 Å². The lowest BCUT2D eigenvalue weighted by molar-refractivity contribution is -0.144. The zero-order chi connectivity index (χ0) is 15.0. The van der Waals surface area contributed by atoms with Gasteiger partial charge < -0.3 is 15.8 Å². The highest BCUT2D eigenvalue weighted by atomic mass is 32.2. The van der Waals surface area contributed by atoms with E-state index in [1.54, 1.807) is 6.92 Å². The molecule has 0 aliphatic heterocycles. The highest BCUT2D eigenvalue weighted by Crippen LogP contribution is 2.15. The minimum atomic E-state index is -0.618. The summed E-state index contributed by atoms with van der Waals surface area (Å²) in [6, 6.07) is -0.618. The normalized spacial score (nSPS) is 11.9. The Bertz CT molecular complexity index is 451. The molecule has 1 amide bonds. The van der Waals surface area contributed by atoms with Crippen LogP contribution in [0.3, 0.4) is 0 Å². The smallest absolute Gasteiger partial charge is 0.322 e. The van der Waals surface area contributed by atoms with E-state index in [-0.39, 0.29) is 5.91 Å². The number of thioether (sulfide) groups is 1. The molecule has 0 bridgehead atoms. The van der Waals surface area contributed by atoms with Gasteiger partial charge in [0, 0.05) is 5.38 Å². The number of ether oxygens (including phenoxy) is 1. The molecule has 0 spiro atoms. The van der Waals surface area contributed by atoms with Crippen LogP contribution in [0.1, 0.15) is 19.0 Å². The monoisotopic (exact) mass is 317 g/mol. The Kier molecular flexibility index (Phi) is 7.56. The average Bonchev–Trinajstić information content (AvgIpc) is 2.80. The van der Waals surface area contributed by atoms with Crippen molar-refractivity contribution in [3.63, 3.8) is 0 Å². The second-order valence-electron chi connectivity index (χ2n) is 4.04. The van der Waals surface area contributed by atoms with Crippen LogP contribution >= 0.6 is 23.1 Å². The van der Waals surface area contributed by atoms with Crippen molar-refractivity contribution in [2.75, 3.05) is 23.4 Å². The van der Waals surface area contributed by atoms with Crippen molar-refractivity contribution in [1.82, 2.24) is 4.98 Å². The molecule has 20 heavy (non-hydrogen) atoms. The third kappa shape index (κ3) is 6.36. The number of esters is 1. The summed E-state index contributed by atoms with van der Waals surface area (Å²) >= 11 is 2.83. The maximum Gasteiger partial charge on any atom is 0.322 e. The second-order valence-corrected chi connectivity index (χ2v) is 6.01. The van der Waals surface area contributed by atoms with Gasteiger partial charge in [-0.25, -0.2) is 4.98 Å². The van der Waals surface area contributed by atoms with Crippen LogP contribution in [0.5, 0.6) is 0 Å². The first-order chi connectivity index (χ1) is 9.52. The third-order valence-corrected chi connectivity index (χ3v) is 4.13. The van der Waals surface area contributed by atoms with Crippen LogP contribution < -0.4 is 11.1 Å². The van der Waals surface area contributed by atoms with Gasteiger partial charge in [0.25, 0.3) is 0 Å². The Morgan fingerprint density at radius 3 is 2.95 bits per heavy atom. The Hall–Kier alpha value is -1.12. The standard InChI is InChI=1S/C12H19N3O3S2/c1-3-18-11(17)9(13)4-5-19-7-10(16)15-12-14-8(2)6-20-12/h6,9H,3-5,7,13H2,1-2H3,(H,14,15,16). The summed E-state index contributed by atoms with van der Waals surface area (Å²) in [5, 5.41) is 5.20. The molecule has 1 atom stereocenters. The largest absolute Gasteiger partial charge is 0.465 e. The van der Waals surface area contributed by atoms with Crippen LogP contribution in [0.25, 0.3) is 0 Å². The van der Waals surface area contributed by atoms with Crippen molar-refractivity contribution >= 4 is 40.1 Å². The van der Waals surface area contributed by atoms with Crippen molar-refractivity contribution in [1.29, 1.82) is 0 Å². The first-order valence-electron chi connectivity index (χ1n) is 6.25. The summed E-state index contributed by atoms with van der Waals surface area (Å²) < 4.78 is 4.80. The van der Waals surface area contributed by atoms with Gasteiger partial charge in [0.2, 0.25) is 5.91 Å². The van der Waals surface area contributed by atoms with Crippen LogP contribution in [0.15, 0.2) is 5.38 Å². The lowest BCUT2D eigenvalue weighted by Gasteiger charge is -2.09. The Balaban J connectivity index is 2.14. The summed E-state index contributed by atoms with van der Waals surface area (Å²) in [7, 11) is 0. The second kappa shape index (κ2) is 8.93. The summed E-state index contributed by atoms with van der Waals surface area (Å²) in [4.78, 5) is 27.0. The lowest BCUT2D eigenvalue weighted by Crippen LogP contribution is -2.32. The van der Waals surface area contributed by atoms with E-state index in [2.05, 4.69) is 10.3 Å². The van der Waals surface area contributed by atoms with E-state index in [9.17, 15) is 9.59 Å². The van der Waals surface area contributed by atoms with Crippen molar-refractivity contribution < 1.29 is 14.3 Å². The van der Waals surface area contributed by atoms with Gasteiger partial charge in [-0.05, 0) is 26.0 Å². The summed E-state index contributed by atoms with van der Waals surface area (Å²) in [5.41, 5.74) is 6.54. The molecule has 0 fully saturated rings. The van der Waals surface area contributed by atoms with E-state index in [0.717, 1.165) is 5.69 Å². The molecule has 1 heterocycles. The van der Waals surface area contributed by atoms with E-state index in [1.807, 2.05) is 12.3 Å². The van der Waals surface area contributed by atoms with Gasteiger partial charge in [-0.3, -0.25) is 9.59 Å². The average molecular weight is 317 g/mol. The number of nitrogens with two attached hydrogens (primary N) is 1. The molecule has 1 aromatic heterocycles. The molecule has 1 rings (SSSR count). The third-order valence-electron chi connectivity index (χ3n) is 2.26. The zero-order valence-electron chi connectivity index (χ0n) is 11.5. The maximum absolute atomic E-state index is 11.6. The number of aryl methyl sites for hydroxylation is 1. The molecule has 0 saturated heterocycles. The highest BCUT2D eigenvalue weighted by Gasteiger charge is 2.14. The molecule has 8 heteroatoms. The number of anilines is 1. The summed E-state index contributed by atoms with van der Waals surface area (Å²) in [6.07, 6.45) is 0.493. The molecule has 6 nitrogen and oxygen atoms in total. The SMILES string of the molecule is CCOC(=O)C(N)CCSCC(=O)Nc1nc(C)cs1. The topological polar surface area (TPSA) is 94.3 Å². The fourth-order valence-corrected chi connectivity index (χ4v) is 2.84. The van der Waals surface area contributed by atoms with Gasteiger partial charge in [0.1, 0.15) is 6.04 Å². The number of nitrogens with zero attached hydrogens (tertiary/aromatic N) is 1. The van der Waals surface area contributed by atoms with E-state index in [4.69, 9.17) is 10.5 Å². The van der Waals surface area contributed by atoms with Crippen molar-refractivity contribution in [2.45, 2.75) is 26.3 Å². The van der Waals surface area contributed by atoms with Gasteiger partial charge in [-0.15, -0.1) is 11.3 Å². The number of hydrogen-bond donors (Lipinski definition) is 2. The molecule has 0 saturated carbocycles. The number of hydrogen-bond acceptors (Lipinski definition) is 7. The number of carbonyl (C=O) groups is 2. The molecule has 0 aromatic carbocycles. The zero-order valence-corrected chi connectivity index (χ0v) is 13.2. The number of rotatable bonds is 8. The predicted molar refractivity (Wildman–Crippen MR) is 82.0 cm³/mol. The van der Waals surface area contributed by atoms with E-state index in [1.165, 1.54) is 23.1 Å². The number of thiazole rings is 1. The molecule has 3 N–H and O–H groups in total. The first kappa shape index (κ1) is 16.9.